The Kier molecular flexibility index (Phi) is 11.0. The summed E-state index contributed by atoms with van der Waals surface area (Å²) in [5, 5.41) is 3.65. The van der Waals surface area contributed by atoms with Gasteiger partial charge in [0.25, 0.3) is 0 Å². The molecule has 0 heterocycles. The normalized spacial score (nSPS) is 11.9. The fourth-order valence-electron chi connectivity index (χ4n) is 3.20. The van der Waals surface area contributed by atoms with Crippen molar-refractivity contribution in [3.63, 3.8) is 0 Å². The summed E-state index contributed by atoms with van der Waals surface area (Å²) in [5.74, 6) is 1.86. The predicted molar refractivity (Wildman–Crippen MR) is 131 cm³/mol. The molecule has 0 bridgehead atoms. The lowest BCUT2D eigenvalue weighted by molar-refractivity contribution is -0.141. The Bertz CT molecular complexity index is 812. The number of nitrogens with zero attached hydrogens (tertiary/aromatic N) is 1. The van der Waals surface area contributed by atoms with E-state index in [0.717, 1.165) is 17.1 Å². The number of hydrogen-bond acceptors (Lipinski definition) is 3. The Morgan fingerprint density at radius 2 is 1.71 bits per heavy atom. The van der Waals surface area contributed by atoms with E-state index >= 15 is 0 Å². The molecule has 168 valence electrons. The minimum absolute atomic E-state index is 0.00191. The van der Waals surface area contributed by atoms with Crippen molar-refractivity contribution in [1.82, 2.24) is 10.2 Å². The molecule has 0 unspecified atom stereocenters. The summed E-state index contributed by atoms with van der Waals surface area (Å²) in [7, 11) is 0. The molecule has 2 amide bonds. The van der Waals surface area contributed by atoms with E-state index in [-0.39, 0.29) is 11.8 Å². The number of carbonyl (C=O) groups excluding carboxylic acids is 2. The van der Waals surface area contributed by atoms with Gasteiger partial charge in [0.1, 0.15) is 6.04 Å². The van der Waals surface area contributed by atoms with Gasteiger partial charge in [-0.25, -0.2) is 0 Å². The molecule has 0 fully saturated rings. The number of hydrogen-bond donors (Lipinski definition) is 1. The van der Waals surface area contributed by atoms with Crippen LogP contribution in [0.3, 0.4) is 0 Å². The molecule has 0 saturated carbocycles. The number of nitrogens with one attached hydrogen (secondary N) is 1. The van der Waals surface area contributed by atoms with E-state index in [1.807, 2.05) is 49.4 Å². The van der Waals surface area contributed by atoms with Gasteiger partial charge in [-0.2, -0.15) is 11.8 Å². The molecule has 1 atom stereocenters. The molecule has 6 heteroatoms. The van der Waals surface area contributed by atoms with E-state index in [0.29, 0.717) is 36.9 Å². The summed E-state index contributed by atoms with van der Waals surface area (Å²) in [5.41, 5.74) is 2.21. The summed E-state index contributed by atoms with van der Waals surface area (Å²) < 4.78 is 0. The molecular weight excluding hydrogens is 428 g/mol. The minimum Gasteiger partial charge on any atom is -0.354 e. The molecule has 2 rings (SSSR count). The standard InChI is InChI=1S/C25H33ClN2O2S/c1-4-23(25(30)27-16-19(2)3)28(17-20-10-12-22(26)13-11-20)24(29)14-15-31-18-21-8-6-5-7-9-21/h5-13,19,23H,4,14-18H2,1-3H3,(H,27,30)/t23-/m1/s1. The van der Waals surface area contributed by atoms with Crippen molar-refractivity contribution in [2.75, 3.05) is 12.3 Å². The molecule has 2 aromatic rings. The molecule has 2 aromatic carbocycles. The van der Waals surface area contributed by atoms with Crippen molar-refractivity contribution in [1.29, 1.82) is 0 Å². The van der Waals surface area contributed by atoms with Crippen molar-refractivity contribution in [3.8, 4) is 0 Å². The third-order valence-electron chi connectivity index (χ3n) is 4.91. The maximum Gasteiger partial charge on any atom is 0.242 e. The number of amides is 2. The van der Waals surface area contributed by atoms with E-state index in [9.17, 15) is 9.59 Å². The Morgan fingerprint density at radius 1 is 1.03 bits per heavy atom. The molecule has 31 heavy (non-hydrogen) atoms. The molecule has 0 radical (unpaired) electrons. The molecule has 0 aliphatic rings. The van der Waals surface area contributed by atoms with Crippen LogP contribution in [0.2, 0.25) is 5.02 Å². The van der Waals surface area contributed by atoms with Gasteiger partial charge in [0.2, 0.25) is 11.8 Å². The molecular formula is C25H33ClN2O2S. The van der Waals surface area contributed by atoms with Crippen LogP contribution in [0.4, 0.5) is 0 Å². The van der Waals surface area contributed by atoms with Gasteiger partial charge in [-0.05, 0) is 35.6 Å². The first-order valence-electron chi connectivity index (χ1n) is 10.8. The number of carbonyl (C=O) groups is 2. The van der Waals surface area contributed by atoms with Gasteiger partial charge in [-0.3, -0.25) is 9.59 Å². The van der Waals surface area contributed by atoms with E-state index in [1.54, 1.807) is 16.7 Å². The lowest BCUT2D eigenvalue weighted by Crippen LogP contribution is -2.49. The Morgan fingerprint density at radius 3 is 2.32 bits per heavy atom. The summed E-state index contributed by atoms with van der Waals surface area (Å²) >= 11 is 7.75. The number of benzene rings is 2. The van der Waals surface area contributed by atoms with Crippen molar-refractivity contribution in [3.05, 3.63) is 70.7 Å². The van der Waals surface area contributed by atoms with E-state index < -0.39 is 6.04 Å². The second-order valence-corrected chi connectivity index (χ2v) is 9.54. The summed E-state index contributed by atoms with van der Waals surface area (Å²) in [6.45, 7) is 7.06. The maximum absolute atomic E-state index is 13.2. The van der Waals surface area contributed by atoms with Crippen LogP contribution in [0, 0.1) is 5.92 Å². The zero-order valence-electron chi connectivity index (χ0n) is 18.6. The van der Waals surface area contributed by atoms with Crippen LogP contribution in [0.1, 0.15) is 44.7 Å². The highest BCUT2D eigenvalue weighted by atomic mass is 35.5. The fourth-order valence-corrected chi connectivity index (χ4v) is 4.21. The van der Waals surface area contributed by atoms with E-state index in [2.05, 4.69) is 31.3 Å². The first-order valence-corrected chi connectivity index (χ1v) is 12.4. The minimum atomic E-state index is -0.485. The van der Waals surface area contributed by atoms with Gasteiger partial charge in [0.15, 0.2) is 0 Å². The third kappa shape index (κ3) is 8.96. The second-order valence-electron chi connectivity index (χ2n) is 8.00. The molecule has 0 aliphatic carbocycles. The van der Waals surface area contributed by atoms with Crippen molar-refractivity contribution >= 4 is 35.2 Å². The van der Waals surface area contributed by atoms with Crippen LogP contribution in [0.5, 0.6) is 0 Å². The van der Waals surface area contributed by atoms with Crippen LogP contribution in [0.25, 0.3) is 0 Å². The summed E-state index contributed by atoms with van der Waals surface area (Å²) in [6, 6.07) is 17.2. The monoisotopic (exact) mass is 460 g/mol. The van der Waals surface area contributed by atoms with Crippen LogP contribution >= 0.6 is 23.4 Å². The van der Waals surface area contributed by atoms with Crippen molar-refractivity contribution < 1.29 is 9.59 Å². The highest BCUT2D eigenvalue weighted by molar-refractivity contribution is 7.98. The van der Waals surface area contributed by atoms with Crippen LogP contribution in [0.15, 0.2) is 54.6 Å². The van der Waals surface area contributed by atoms with Crippen molar-refractivity contribution in [2.24, 2.45) is 5.92 Å². The van der Waals surface area contributed by atoms with Gasteiger partial charge in [-0.1, -0.05) is 74.8 Å². The molecule has 0 spiro atoms. The zero-order valence-corrected chi connectivity index (χ0v) is 20.2. The predicted octanol–water partition coefficient (Wildman–Crippen LogP) is 5.54. The maximum atomic E-state index is 13.2. The zero-order chi connectivity index (χ0) is 22.6. The Hall–Kier alpha value is -1.98. The van der Waals surface area contributed by atoms with Gasteiger partial charge >= 0.3 is 0 Å². The Labute approximate surface area is 195 Å². The fraction of sp³-hybridized carbons (Fsp3) is 0.440. The number of halogens is 1. The number of thioether (sulfide) groups is 1. The average Bonchev–Trinajstić information content (AvgIpc) is 2.77. The second kappa shape index (κ2) is 13.4. The number of rotatable bonds is 12. The van der Waals surface area contributed by atoms with E-state index in [4.69, 9.17) is 11.6 Å². The average molecular weight is 461 g/mol. The SMILES string of the molecule is CC[C@H](C(=O)NCC(C)C)N(Cc1ccc(Cl)cc1)C(=O)CCSCc1ccccc1. The first kappa shape index (κ1) is 25.3. The highest BCUT2D eigenvalue weighted by Gasteiger charge is 2.28. The quantitative estimate of drug-likeness (QED) is 0.423. The molecule has 4 nitrogen and oxygen atoms in total. The van der Waals surface area contributed by atoms with Crippen LogP contribution in [-0.4, -0.2) is 35.1 Å². The van der Waals surface area contributed by atoms with Gasteiger partial charge < -0.3 is 10.2 Å². The topological polar surface area (TPSA) is 49.4 Å². The van der Waals surface area contributed by atoms with Crippen LogP contribution < -0.4 is 5.32 Å². The molecule has 0 saturated heterocycles. The molecule has 0 aromatic heterocycles. The lowest BCUT2D eigenvalue weighted by atomic mass is 10.1. The highest BCUT2D eigenvalue weighted by Crippen LogP contribution is 2.18. The largest absolute Gasteiger partial charge is 0.354 e. The molecule has 1 N–H and O–H groups in total. The van der Waals surface area contributed by atoms with Gasteiger partial charge in [-0.15, -0.1) is 0 Å². The summed E-state index contributed by atoms with van der Waals surface area (Å²) in [4.78, 5) is 27.8. The van der Waals surface area contributed by atoms with Crippen LogP contribution in [-0.2, 0) is 21.9 Å². The van der Waals surface area contributed by atoms with E-state index in [1.165, 1.54) is 5.56 Å². The summed E-state index contributed by atoms with van der Waals surface area (Å²) in [6.07, 6.45) is 0.972. The van der Waals surface area contributed by atoms with Gasteiger partial charge in [0, 0.05) is 36.0 Å². The molecule has 0 aliphatic heterocycles. The first-order chi connectivity index (χ1) is 14.9. The van der Waals surface area contributed by atoms with Crippen molar-refractivity contribution in [2.45, 2.75) is 52.0 Å². The lowest BCUT2D eigenvalue weighted by Gasteiger charge is -2.31. The smallest absolute Gasteiger partial charge is 0.242 e. The van der Waals surface area contributed by atoms with Gasteiger partial charge in [0.05, 0.1) is 0 Å². The Balaban J connectivity index is 2.04. The third-order valence-corrected chi connectivity index (χ3v) is 6.19.